The maximum Gasteiger partial charge on any atom is 0.136 e. The molecule has 1 heterocycles. The first-order chi connectivity index (χ1) is 11.3. The van der Waals surface area contributed by atoms with Crippen LogP contribution in [0.25, 0.3) is 0 Å². The normalized spacial score (nSPS) is 39.7. The van der Waals surface area contributed by atoms with Crippen molar-refractivity contribution >= 4 is 11.8 Å². The van der Waals surface area contributed by atoms with Gasteiger partial charge in [0, 0.05) is 5.25 Å². The molecule has 24 heavy (non-hydrogen) atoms. The standard InChI is InChI=1S/C21H30O2S/c1-13(2)21(22,14-8-6-5-7-9-14)19-23-12-16-17-10-15(20(17,3)4)11-18(16)24-19/h5-9,13,15-19,22H,10-12H2,1-4H3/t15-,16+,17+,18+,19-,21+/m1/s1. The van der Waals surface area contributed by atoms with Crippen molar-refractivity contribution < 1.29 is 9.84 Å². The van der Waals surface area contributed by atoms with Crippen molar-refractivity contribution in [2.24, 2.45) is 29.1 Å². The SMILES string of the molecule is CC(C)[C@](O)(c1ccccc1)[C@@H]1OC[C@@H]2[C@H](C[C@H]3C[C@@H]2C3(C)C)S1. The van der Waals surface area contributed by atoms with Gasteiger partial charge in [-0.05, 0) is 47.5 Å². The molecule has 0 radical (unpaired) electrons. The van der Waals surface area contributed by atoms with Crippen molar-refractivity contribution in [3.05, 3.63) is 35.9 Å². The quantitative estimate of drug-likeness (QED) is 0.862. The summed E-state index contributed by atoms with van der Waals surface area (Å²) in [6, 6.07) is 10.1. The third-order valence-corrected chi connectivity index (χ3v) is 8.91. The summed E-state index contributed by atoms with van der Waals surface area (Å²) in [5, 5.41) is 12.3. The van der Waals surface area contributed by atoms with Crippen LogP contribution in [0.15, 0.2) is 30.3 Å². The lowest BCUT2D eigenvalue weighted by molar-refractivity contribution is -0.158. The van der Waals surface area contributed by atoms with E-state index in [-0.39, 0.29) is 11.4 Å². The lowest BCUT2D eigenvalue weighted by atomic mass is 9.45. The van der Waals surface area contributed by atoms with Crippen LogP contribution in [0.5, 0.6) is 0 Å². The molecular weight excluding hydrogens is 316 g/mol. The van der Waals surface area contributed by atoms with Gasteiger partial charge in [0.15, 0.2) is 0 Å². The topological polar surface area (TPSA) is 29.5 Å². The number of hydrogen-bond donors (Lipinski definition) is 1. The molecule has 0 unspecified atom stereocenters. The predicted molar refractivity (Wildman–Crippen MR) is 99.8 cm³/mol. The Hall–Kier alpha value is -0.510. The van der Waals surface area contributed by atoms with E-state index >= 15 is 0 Å². The summed E-state index contributed by atoms with van der Waals surface area (Å²) in [6.45, 7) is 9.89. The van der Waals surface area contributed by atoms with E-state index in [1.54, 1.807) is 0 Å². The van der Waals surface area contributed by atoms with Crippen LogP contribution in [0.2, 0.25) is 0 Å². The van der Waals surface area contributed by atoms with E-state index in [1.807, 2.05) is 42.1 Å². The van der Waals surface area contributed by atoms with Gasteiger partial charge in [0.25, 0.3) is 0 Å². The largest absolute Gasteiger partial charge is 0.381 e. The monoisotopic (exact) mass is 346 g/mol. The Morgan fingerprint density at radius 1 is 1.21 bits per heavy atom. The third-order valence-electron chi connectivity index (χ3n) is 7.27. The molecule has 0 amide bonds. The molecule has 0 spiro atoms. The number of thioether (sulfide) groups is 1. The highest BCUT2D eigenvalue weighted by atomic mass is 32.2. The van der Waals surface area contributed by atoms with E-state index in [1.165, 1.54) is 12.8 Å². The number of rotatable bonds is 3. The molecule has 5 rings (SSSR count). The molecule has 3 heteroatoms. The highest BCUT2D eigenvalue weighted by molar-refractivity contribution is 8.00. The lowest BCUT2D eigenvalue weighted by Gasteiger charge is -2.64. The molecule has 1 aliphatic heterocycles. The minimum atomic E-state index is -0.923. The molecule has 4 fully saturated rings. The van der Waals surface area contributed by atoms with Crippen molar-refractivity contribution in [2.45, 2.75) is 56.8 Å². The molecular formula is C21H30O2S. The number of ether oxygens (including phenoxy) is 1. The van der Waals surface area contributed by atoms with E-state index in [2.05, 4.69) is 27.7 Å². The van der Waals surface area contributed by atoms with Gasteiger partial charge in [-0.25, -0.2) is 0 Å². The highest BCUT2D eigenvalue weighted by Gasteiger charge is 2.60. The van der Waals surface area contributed by atoms with Gasteiger partial charge in [0.2, 0.25) is 0 Å². The average Bonchev–Trinajstić information content (AvgIpc) is 2.60. The molecule has 3 saturated carbocycles. The summed E-state index contributed by atoms with van der Waals surface area (Å²) in [4.78, 5) is 0. The Bertz CT molecular complexity index is 599. The van der Waals surface area contributed by atoms with Crippen molar-refractivity contribution in [1.82, 2.24) is 0 Å². The number of aliphatic hydroxyl groups is 1. The molecule has 1 aromatic rings. The van der Waals surface area contributed by atoms with Crippen LogP contribution < -0.4 is 0 Å². The lowest BCUT2D eigenvalue weighted by Crippen LogP contribution is -2.61. The zero-order valence-corrected chi connectivity index (χ0v) is 16.1. The molecule has 1 N–H and O–H groups in total. The van der Waals surface area contributed by atoms with Gasteiger partial charge in [-0.15, -0.1) is 11.8 Å². The van der Waals surface area contributed by atoms with E-state index in [9.17, 15) is 5.11 Å². The molecule has 2 nitrogen and oxygen atoms in total. The van der Waals surface area contributed by atoms with E-state index in [4.69, 9.17) is 4.74 Å². The number of benzene rings is 1. The van der Waals surface area contributed by atoms with Crippen molar-refractivity contribution in [2.75, 3.05) is 6.61 Å². The summed E-state index contributed by atoms with van der Waals surface area (Å²) in [5.74, 6) is 2.44. The minimum Gasteiger partial charge on any atom is -0.381 e. The van der Waals surface area contributed by atoms with Crippen LogP contribution in [0.4, 0.5) is 0 Å². The molecule has 3 aliphatic carbocycles. The molecule has 0 aromatic heterocycles. The van der Waals surface area contributed by atoms with E-state index < -0.39 is 5.60 Å². The maximum absolute atomic E-state index is 11.6. The van der Waals surface area contributed by atoms with Crippen LogP contribution in [0.3, 0.4) is 0 Å². The minimum absolute atomic E-state index is 0.114. The van der Waals surface area contributed by atoms with E-state index in [0.29, 0.717) is 16.6 Å². The van der Waals surface area contributed by atoms with Crippen molar-refractivity contribution in [1.29, 1.82) is 0 Å². The third kappa shape index (κ3) is 2.31. The Morgan fingerprint density at radius 3 is 2.54 bits per heavy atom. The first kappa shape index (κ1) is 16.9. The smallest absolute Gasteiger partial charge is 0.136 e. The Labute approximate surface area is 150 Å². The van der Waals surface area contributed by atoms with Crippen LogP contribution >= 0.6 is 11.8 Å². The first-order valence-electron chi connectivity index (χ1n) is 9.40. The van der Waals surface area contributed by atoms with Gasteiger partial charge in [-0.1, -0.05) is 58.0 Å². The fourth-order valence-corrected chi connectivity index (χ4v) is 7.25. The Morgan fingerprint density at radius 2 is 1.92 bits per heavy atom. The van der Waals surface area contributed by atoms with Gasteiger partial charge in [-0.2, -0.15) is 0 Å². The number of hydrogen-bond acceptors (Lipinski definition) is 3. The zero-order chi connectivity index (χ0) is 17.1. The molecule has 2 bridgehead atoms. The first-order valence-corrected chi connectivity index (χ1v) is 10.3. The van der Waals surface area contributed by atoms with Gasteiger partial charge >= 0.3 is 0 Å². The zero-order valence-electron chi connectivity index (χ0n) is 15.2. The fourth-order valence-electron chi connectivity index (χ4n) is 5.35. The Kier molecular flexibility index (Phi) is 4.06. The maximum atomic E-state index is 11.6. The second-order valence-corrected chi connectivity index (χ2v) is 10.3. The van der Waals surface area contributed by atoms with Crippen molar-refractivity contribution in [3.8, 4) is 0 Å². The summed E-state index contributed by atoms with van der Waals surface area (Å²) in [5.41, 5.74) is 0.388. The molecule has 132 valence electrons. The van der Waals surface area contributed by atoms with Gasteiger partial charge in [0.1, 0.15) is 11.0 Å². The molecule has 1 saturated heterocycles. The summed E-state index contributed by atoms with van der Waals surface area (Å²) < 4.78 is 6.33. The molecule has 1 aromatic carbocycles. The fraction of sp³-hybridized carbons (Fsp3) is 0.714. The van der Waals surface area contributed by atoms with Crippen LogP contribution in [-0.2, 0) is 10.3 Å². The summed E-state index contributed by atoms with van der Waals surface area (Å²) in [7, 11) is 0. The van der Waals surface area contributed by atoms with Crippen LogP contribution in [0, 0.1) is 29.1 Å². The van der Waals surface area contributed by atoms with Crippen LogP contribution in [0.1, 0.15) is 46.1 Å². The van der Waals surface area contributed by atoms with E-state index in [0.717, 1.165) is 24.0 Å². The highest BCUT2D eigenvalue weighted by Crippen LogP contribution is 2.65. The van der Waals surface area contributed by atoms with Gasteiger partial charge in [0.05, 0.1) is 6.61 Å². The molecule has 6 atom stereocenters. The Balaban J connectivity index is 1.58. The van der Waals surface area contributed by atoms with Gasteiger partial charge < -0.3 is 9.84 Å². The van der Waals surface area contributed by atoms with Crippen LogP contribution in [-0.4, -0.2) is 22.4 Å². The molecule has 4 aliphatic rings. The van der Waals surface area contributed by atoms with Gasteiger partial charge in [-0.3, -0.25) is 0 Å². The average molecular weight is 347 g/mol. The van der Waals surface area contributed by atoms with Crippen molar-refractivity contribution in [3.63, 3.8) is 0 Å². The predicted octanol–water partition coefficient (Wildman–Crippen LogP) is 4.67. The second-order valence-electron chi connectivity index (χ2n) is 8.95. The second kappa shape index (κ2) is 5.75. The summed E-state index contributed by atoms with van der Waals surface area (Å²) >= 11 is 1.91. The summed E-state index contributed by atoms with van der Waals surface area (Å²) in [6.07, 6.45) is 2.68.